The summed E-state index contributed by atoms with van der Waals surface area (Å²) in [6, 6.07) is 23.7. The largest absolute Gasteiger partial charge is 0.310 e. The molecule has 0 saturated carbocycles. The minimum atomic E-state index is -0.256. The Morgan fingerprint density at radius 1 is 0.900 bits per heavy atom. The number of aldehydes is 1. The van der Waals surface area contributed by atoms with E-state index in [1.54, 1.807) is 13.0 Å². The first-order chi connectivity index (χ1) is 14.4. The zero-order chi connectivity index (χ0) is 21.0. The first-order valence-electron chi connectivity index (χ1n) is 10.1. The van der Waals surface area contributed by atoms with Gasteiger partial charge in [0, 0.05) is 16.7 Å². The van der Waals surface area contributed by atoms with E-state index in [-0.39, 0.29) is 11.2 Å². The van der Waals surface area contributed by atoms with Crippen molar-refractivity contribution in [1.29, 1.82) is 0 Å². The lowest BCUT2D eigenvalue weighted by Gasteiger charge is -2.42. The van der Waals surface area contributed by atoms with Crippen LogP contribution in [0.4, 0.5) is 21.5 Å². The van der Waals surface area contributed by atoms with E-state index in [1.165, 1.54) is 11.1 Å². The molecule has 1 aliphatic rings. The number of para-hydroxylation sites is 1. The summed E-state index contributed by atoms with van der Waals surface area (Å²) in [5.41, 5.74) is 6.29. The SMILES string of the molecule is Cc1ccc(N2c3ccccc3C(C)(C)c3c2ccc2cc(C=O)ccc32)cc1F. The fourth-order valence-electron chi connectivity index (χ4n) is 4.71. The van der Waals surface area contributed by atoms with Crippen molar-refractivity contribution in [3.63, 3.8) is 0 Å². The number of anilines is 3. The van der Waals surface area contributed by atoms with Gasteiger partial charge in [-0.2, -0.15) is 0 Å². The molecule has 30 heavy (non-hydrogen) atoms. The molecule has 148 valence electrons. The minimum absolute atomic E-state index is 0.215. The third-order valence-corrected chi connectivity index (χ3v) is 6.26. The van der Waals surface area contributed by atoms with Gasteiger partial charge in [-0.05, 0) is 64.7 Å². The molecule has 4 aromatic rings. The molecule has 1 aliphatic heterocycles. The first kappa shape index (κ1) is 18.6. The van der Waals surface area contributed by atoms with E-state index in [2.05, 4.69) is 43.0 Å². The van der Waals surface area contributed by atoms with Crippen molar-refractivity contribution in [3.05, 3.63) is 101 Å². The maximum absolute atomic E-state index is 14.5. The van der Waals surface area contributed by atoms with Crippen LogP contribution < -0.4 is 4.90 Å². The molecule has 0 N–H and O–H groups in total. The highest BCUT2D eigenvalue weighted by atomic mass is 19.1. The maximum atomic E-state index is 14.5. The summed E-state index contributed by atoms with van der Waals surface area (Å²) in [6.45, 7) is 6.23. The third kappa shape index (κ3) is 2.58. The lowest BCUT2D eigenvalue weighted by atomic mass is 9.71. The summed E-state index contributed by atoms with van der Waals surface area (Å²) >= 11 is 0. The molecule has 4 aromatic carbocycles. The quantitative estimate of drug-likeness (QED) is 0.334. The van der Waals surface area contributed by atoms with Crippen LogP contribution in [-0.4, -0.2) is 6.29 Å². The van der Waals surface area contributed by atoms with E-state index >= 15 is 0 Å². The molecule has 0 bridgehead atoms. The van der Waals surface area contributed by atoms with Gasteiger partial charge in [0.1, 0.15) is 12.1 Å². The molecule has 0 fully saturated rings. The molecular weight excluding hydrogens is 373 g/mol. The Bertz CT molecular complexity index is 1320. The van der Waals surface area contributed by atoms with Gasteiger partial charge in [0.2, 0.25) is 0 Å². The topological polar surface area (TPSA) is 20.3 Å². The van der Waals surface area contributed by atoms with Crippen LogP contribution in [0.2, 0.25) is 0 Å². The Labute approximate surface area is 175 Å². The molecule has 0 radical (unpaired) electrons. The molecule has 1 heterocycles. The Kier molecular flexibility index (Phi) is 4.04. The van der Waals surface area contributed by atoms with Gasteiger partial charge in [-0.3, -0.25) is 4.79 Å². The van der Waals surface area contributed by atoms with Gasteiger partial charge in [-0.25, -0.2) is 4.39 Å². The first-order valence-corrected chi connectivity index (χ1v) is 10.1. The van der Waals surface area contributed by atoms with Crippen LogP contribution in [0.1, 0.15) is 40.9 Å². The van der Waals surface area contributed by atoms with Crippen LogP contribution >= 0.6 is 0 Å². The van der Waals surface area contributed by atoms with Gasteiger partial charge in [0.25, 0.3) is 0 Å². The van der Waals surface area contributed by atoms with Gasteiger partial charge >= 0.3 is 0 Å². The number of carbonyl (C=O) groups is 1. The van der Waals surface area contributed by atoms with Crippen molar-refractivity contribution in [2.24, 2.45) is 0 Å². The number of rotatable bonds is 2. The van der Waals surface area contributed by atoms with Crippen molar-refractivity contribution in [3.8, 4) is 0 Å². The van der Waals surface area contributed by atoms with Gasteiger partial charge in [-0.15, -0.1) is 0 Å². The Morgan fingerprint density at radius 3 is 2.47 bits per heavy atom. The van der Waals surface area contributed by atoms with E-state index in [9.17, 15) is 9.18 Å². The smallest absolute Gasteiger partial charge is 0.150 e. The fraction of sp³-hybridized carbons (Fsp3) is 0.148. The molecule has 0 spiro atoms. The number of carbonyl (C=O) groups excluding carboxylic acids is 1. The second kappa shape index (κ2) is 6.53. The van der Waals surface area contributed by atoms with E-state index in [4.69, 9.17) is 0 Å². The summed E-state index contributed by atoms with van der Waals surface area (Å²) in [5, 5.41) is 2.14. The molecule has 0 atom stereocenters. The van der Waals surface area contributed by atoms with E-state index < -0.39 is 0 Å². The highest BCUT2D eigenvalue weighted by Crippen LogP contribution is 2.53. The molecule has 0 unspecified atom stereocenters. The fourth-order valence-corrected chi connectivity index (χ4v) is 4.71. The summed E-state index contributed by atoms with van der Waals surface area (Å²) in [6.07, 6.45) is 0.876. The lowest BCUT2D eigenvalue weighted by Crippen LogP contribution is -2.31. The maximum Gasteiger partial charge on any atom is 0.150 e. The van der Waals surface area contributed by atoms with Crippen LogP contribution in [0.5, 0.6) is 0 Å². The summed E-state index contributed by atoms with van der Waals surface area (Å²) in [7, 11) is 0. The van der Waals surface area contributed by atoms with Crippen LogP contribution in [0.3, 0.4) is 0 Å². The normalized spacial score (nSPS) is 14.3. The average molecular weight is 395 g/mol. The molecule has 0 amide bonds. The number of fused-ring (bicyclic) bond motifs is 4. The van der Waals surface area contributed by atoms with E-state index in [0.29, 0.717) is 11.1 Å². The summed E-state index contributed by atoms with van der Waals surface area (Å²) in [4.78, 5) is 13.4. The van der Waals surface area contributed by atoms with Gasteiger partial charge in [0.05, 0.1) is 11.4 Å². The van der Waals surface area contributed by atoms with Gasteiger partial charge < -0.3 is 4.90 Å². The lowest BCUT2D eigenvalue weighted by molar-refractivity contribution is 0.112. The second-order valence-electron chi connectivity index (χ2n) is 8.47. The molecule has 0 saturated heterocycles. The molecule has 0 aliphatic carbocycles. The molecule has 3 heteroatoms. The van der Waals surface area contributed by atoms with Crippen LogP contribution in [0, 0.1) is 12.7 Å². The van der Waals surface area contributed by atoms with E-state index in [1.807, 2.05) is 42.5 Å². The minimum Gasteiger partial charge on any atom is -0.310 e. The molecule has 5 rings (SSSR count). The molecular formula is C27H22FNO. The van der Waals surface area contributed by atoms with Crippen LogP contribution in [0.15, 0.2) is 72.8 Å². The number of hydrogen-bond donors (Lipinski definition) is 0. The Morgan fingerprint density at radius 2 is 1.70 bits per heavy atom. The second-order valence-corrected chi connectivity index (χ2v) is 8.47. The highest BCUT2D eigenvalue weighted by molar-refractivity contribution is 5.99. The number of benzene rings is 4. The monoisotopic (exact) mass is 395 g/mol. The number of halogens is 1. The highest BCUT2D eigenvalue weighted by Gasteiger charge is 2.38. The van der Waals surface area contributed by atoms with Crippen molar-refractivity contribution in [2.75, 3.05) is 4.90 Å². The van der Waals surface area contributed by atoms with Crippen LogP contribution in [-0.2, 0) is 5.41 Å². The third-order valence-electron chi connectivity index (χ3n) is 6.26. The predicted octanol–water partition coefficient (Wildman–Crippen LogP) is 7.21. The van der Waals surface area contributed by atoms with Crippen LogP contribution in [0.25, 0.3) is 10.8 Å². The zero-order valence-corrected chi connectivity index (χ0v) is 17.2. The molecule has 2 nitrogen and oxygen atoms in total. The van der Waals surface area contributed by atoms with Crippen molar-refractivity contribution >= 4 is 34.1 Å². The number of nitrogens with zero attached hydrogens (tertiary/aromatic N) is 1. The Hall–Kier alpha value is -3.46. The Balaban J connectivity index is 1.87. The van der Waals surface area contributed by atoms with Crippen molar-refractivity contribution < 1.29 is 9.18 Å². The summed E-state index contributed by atoms with van der Waals surface area (Å²) < 4.78 is 14.5. The van der Waals surface area contributed by atoms with E-state index in [0.717, 1.165) is 34.1 Å². The zero-order valence-electron chi connectivity index (χ0n) is 17.2. The standard InChI is InChI=1S/C27H22FNO/c1-17-8-11-20(15-23(17)28)29-24-7-5-4-6-22(24)27(2,3)26-21-12-9-18(16-30)14-19(21)10-13-25(26)29/h4-16H,1-3H3. The van der Waals surface area contributed by atoms with Gasteiger partial charge in [0.15, 0.2) is 0 Å². The predicted molar refractivity (Wildman–Crippen MR) is 121 cm³/mol. The molecule has 0 aromatic heterocycles. The summed E-state index contributed by atoms with van der Waals surface area (Å²) in [5.74, 6) is -0.215. The van der Waals surface area contributed by atoms with Crippen molar-refractivity contribution in [1.82, 2.24) is 0 Å². The number of aryl methyl sites for hydroxylation is 1. The van der Waals surface area contributed by atoms with Crippen molar-refractivity contribution in [2.45, 2.75) is 26.2 Å². The van der Waals surface area contributed by atoms with Gasteiger partial charge in [-0.1, -0.05) is 56.3 Å². The number of hydrogen-bond acceptors (Lipinski definition) is 2. The average Bonchev–Trinajstić information content (AvgIpc) is 2.75.